The Morgan fingerprint density at radius 2 is 2.17 bits per heavy atom. The number of rotatable bonds is 4. The summed E-state index contributed by atoms with van der Waals surface area (Å²) in [6.07, 6.45) is 7.34. The topological polar surface area (TPSA) is 55.1 Å². The standard InChI is InChI=1S/C11H10BrN5S/c12-9-7-17-8(4-16-10(17)5-15-9)3-13-6-11-14-1-2-18-11/h1-2,4-5,7,13H,3,6H2. The van der Waals surface area contributed by atoms with Crippen LogP contribution < -0.4 is 5.32 Å². The summed E-state index contributed by atoms with van der Waals surface area (Å²) in [5, 5.41) is 6.42. The van der Waals surface area contributed by atoms with Crippen LogP contribution in [-0.4, -0.2) is 19.4 Å². The fourth-order valence-corrected chi connectivity index (χ4v) is 2.58. The van der Waals surface area contributed by atoms with Crippen molar-refractivity contribution in [1.29, 1.82) is 0 Å². The molecule has 0 aliphatic rings. The third-order valence-corrected chi connectivity index (χ3v) is 3.70. The highest BCUT2D eigenvalue weighted by Gasteiger charge is 2.04. The number of hydrogen-bond acceptors (Lipinski definition) is 5. The van der Waals surface area contributed by atoms with E-state index in [4.69, 9.17) is 0 Å². The number of nitrogens with zero attached hydrogens (tertiary/aromatic N) is 4. The quantitative estimate of drug-likeness (QED) is 0.800. The molecule has 0 bridgehead atoms. The van der Waals surface area contributed by atoms with Gasteiger partial charge in [0.2, 0.25) is 0 Å². The predicted octanol–water partition coefficient (Wildman–Crippen LogP) is 2.24. The number of aromatic nitrogens is 4. The van der Waals surface area contributed by atoms with Gasteiger partial charge < -0.3 is 5.32 Å². The molecule has 0 atom stereocenters. The van der Waals surface area contributed by atoms with E-state index in [0.29, 0.717) is 0 Å². The van der Waals surface area contributed by atoms with Crippen LogP contribution in [0.1, 0.15) is 10.7 Å². The molecule has 0 spiro atoms. The van der Waals surface area contributed by atoms with Crippen LogP contribution in [0, 0.1) is 0 Å². The molecule has 0 fully saturated rings. The Hall–Kier alpha value is -1.31. The molecule has 1 N–H and O–H groups in total. The van der Waals surface area contributed by atoms with Crippen molar-refractivity contribution < 1.29 is 0 Å². The van der Waals surface area contributed by atoms with Gasteiger partial charge in [0.05, 0.1) is 18.1 Å². The minimum atomic E-state index is 0.747. The summed E-state index contributed by atoms with van der Waals surface area (Å²) < 4.78 is 2.82. The summed E-state index contributed by atoms with van der Waals surface area (Å²) >= 11 is 5.02. The lowest BCUT2D eigenvalue weighted by Gasteiger charge is -2.03. The summed E-state index contributed by atoms with van der Waals surface area (Å²) in [7, 11) is 0. The maximum absolute atomic E-state index is 4.30. The monoisotopic (exact) mass is 323 g/mol. The van der Waals surface area contributed by atoms with Crippen molar-refractivity contribution >= 4 is 32.9 Å². The number of hydrogen-bond donors (Lipinski definition) is 1. The lowest BCUT2D eigenvalue weighted by molar-refractivity contribution is 0.672. The van der Waals surface area contributed by atoms with E-state index in [2.05, 4.69) is 36.2 Å². The highest BCUT2D eigenvalue weighted by molar-refractivity contribution is 9.10. The first-order chi connectivity index (χ1) is 8.83. The Kier molecular flexibility index (Phi) is 3.35. The number of halogens is 1. The second-order valence-electron chi connectivity index (χ2n) is 3.72. The summed E-state index contributed by atoms with van der Waals surface area (Å²) in [6.45, 7) is 1.52. The molecule has 3 rings (SSSR count). The minimum Gasteiger partial charge on any atom is -0.305 e. The molecule has 18 heavy (non-hydrogen) atoms. The van der Waals surface area contributed by atoms with Gasteiger partial charge in [-0.3, -0.25) is 4.40 Å². The van der Waals surface area contributed by atoms with Gasteiger partial charge in [-0.15, -0.1) is 11.3 Å². The molecule has 5 nitrogen and oxygen atoms in total. The first kappa shape index (κ1) is 11.8. The van der Waals surface area contributed by atoms with Gasteiger partial charge in [-0.2, -0.15) is 0 Å². The minimum absolute atomic E-state index is 0.747. The fraction of sp³-hybridized carbons (Fsp3) is 0.182. The van der Waals surface area contributed by atoms with Gasteiger partial charge in [0.1, 0.15) is 9.61 Å². The van der Waals surface area contributed by atoms with Crippen LogP contribution in [0.25, 0.3) is 5.65 Å². The molecule has 0 saturated carbocycles. The number of thiazole rings is 1. The highest BCUT2D eigenvalue weighted by atomic mass is 79.9. The van der Waals surface area contributed by atoms with E-state index in [-0.39, 0.29) is 0 Å². The predicted molar refractivity (Wildman–Crippen MR) is 73.3 cm³/mol. The molecule has 3 heterocycles. The van der Waals surface area contributed by atoms with Crippen LogP contribution in [0.2, 0.25) is 0 Å². The molecule has 0 unspecified atom stereocenters. The van der Waals surface area contributed by atoms with Gasteiger partial charge in [0.15, 0.2) is 5.65 Å². The fourth-order valence-electron chi connectivity index (χ4n) is 1.68. The van der Waals surface area contributed by atoms with Crippen molar-refractivity contribution in [2.24, 2.45) is 0 Å². The largest absolute Gasteiger partial charge is 0.305 e. The summed E-state index contributed by atoms with van der Waals surface area (Å²) in [5.41, 5.74) is 1.95. The third-order valence-electron chi connectivity index (χ3n) is 2.51. The Bertz CT molecular complexity index is 649. The van der Waals surface area contributed by atoms with Crippen molar-refractivity contribution in [2.45, 2.75) is 13.1 Å². The van der Waals surface area contributed by atoms with Crippen molar-refractivity contribution in [3.63, 3.8) is 0 Å². The average molecular weight is 324 g/mol. The Labute approximate surface area is 116 Å². The van der Waals surface area contributed by atoms with Crippen LogP contribution in [-0.2, 0) is 13.1 Å². The zero-order valence-corrected chi connectivity index (χ0v) is 11.8. The van der Waals surface area contributed by atoms with Crippen LogP contribution in [0.5, 0.6) is 0 Å². The third kappa shape index (κ3) is 2.43. The van der Waals surface area contributed by atoms with Crippen LogP contribution in [0.4, 0.5) is 0 Å². The van der Waals surface area contributed by atoms with Crippen LogP contribution in [0.3, 0.4) is 0 Å². The van der Waals surface area contributed by atoms with E-state index in [1.807, 2.05) is 28.4 Å². The lowest BCUT2D eigenvalue weighted by Crippen LogP contribution is -2.13. The van der Waals surface area contributed by atoms with Gasteiger partial charge in [0.25, 0.3) is 0 Å². The van der Waals surface area contributed by atoms with E-state index >= 15 is 0 Å². The maximum atomic E-state index is 4.30. The van der Waals surface area contributed by atoms with Gasteiger partial charge in [0, 0.05) is 30.9 Å². The molecule has 0 amide bonds. The lowest BCUT2D eigenvalue weighted by atomic mass is 10.4. The van der Waals surface area contributed by atoms with Crippen LogP contribution >= 0.6 is 27.3 Å². The smallest absolute Gasteiger partial charge is 0.155 e. The molecular weight excluding hydrogens is 314 g/mol. The van der Waals surface area contributed by atoms with Crippen molar-refractivity contribution in [1.82, 2.24) is 24.7 Å². The van der Waals surface area contributed by atoms with E-state index in [1.54, 1.807) is 17.5 Å². The molecular formula is C11H10BrN5S. The number of fused-ring (bicyclic) bond motifs is 1. The first-order valence-electron chi connectivity index (χ1n) is 5.39. The summed E-state index contributed by atoms with van der Waals surface area (Å²) in [4.78, 5) is 12.7. The van der Waals surface area contributed by atoms with Gasteiger partial charge in [-0.05, 0) is 15.9 Å². The van der Waals surface area contributed by atoms with E-state index < -0.39 is 0 Å². The Morgan fingerprint density at radius 1 is 1.22 bits per heavy atom. The van der Waals surface area contributed by atoms with Gasteiger partial charge >= 0.3 is 0 Å². The zero-order valence-electron chi connectivity index (χ0n) is 9.38. The zero-order chi connectivity index (χ0) is 12.4. The highest BCUT2D eigenvalue weighted by Crippen LogP contribution is 2.11. The summed E-state index contributed by atoms with van der Waals surface area (Å²) in [6, 6.07) is 0. The molecule has 7 heteroatoms. The number of imidazole rings is 1. The molecule has 0 aromatic carbocycles. The molecule has 0 radical (unpaired) electrons. The average Bonchev–Trinajstić information content (AvgIpc) is 2.99. The second kappa shape index (κ2) is 5.13. The Morgan fingerprint density at radius 3 is 3.00 bits per heavy atom. The SMILES string of the molecule is Brc1cn2c(CNCc3nccs3)cnc2cn1. The van der Waals surface area contributed by atoms with Gasteiger partial charge in [-0.1, -0.05) is 0 Å². The maximum Gasteiger partial charge on any atom is 0.155 e. The van der Waals surface area contributed by atoms with E-state index in [0.717, 1.165) is 34.0 Å². The molecule has 0 aliphatic heterocycles. The molecule has 3 aromatic rings. The normalized spacial score (nSPS) is 11.2. The Balaban J connectivity index is 1.72. The van der Waals surface area contributed by atoms with Crippen molar-refractivity contribution in [3.8, 4) is 0 Å². The summed E-state index contributed by atoms with van der Waals surface area (Å²) in [5.74, 6) is 0. The van der Waals surface area contributed by atoms with Gasteiger partial charge in [-0.25, -0.2) is 15.0 Å². The molecule has 0 aliphatic carbocycles. The molecule has 0 saturated heterocycles. The van der Waals surface area contributed by atoms with Crippen molar-refractivity contribution in [2.75, 3.05) is 0 Å². The molecule has 3 aromatic heterocycles. The van der Waals surface area contributed by atoms with E-state index in [9.17, 15) is 0 Å². The van der Waals surface area contributed by atoms with E-state index in [1.165, 1.54) is 0 Å². The van der Waals surface area contributed by atoms with Crippen LogP contribution in [0.15, 0.2) is 34.8 Å². The molecule has 92 valence electrons. The first-order valence-corrected chi connectivity index (χ1v) is 7.07. The number of nitrogens with one attached hydrogen (secondary N) is 1. The second-order valence-corrected chi connectivity index (χ2v) is 5.51. The van der Waals surface area contributed by atoms with Crippen molar-refractivity contribution in [3.05, 3.63) is 45.5 Å².